The minimum absolute atomic E-state index is 0.412. The van der Waals surface area contributed by atoms with E-state index in [4.69, 9.17) is 0 Å². The lowest BCUT2D eigenvalue weighted by Crippen LogP contribution is -2.53. The molecule has 0 spiro atoms. The van der Waals surface area contributed by atoms with Gasteiger partial charge in [0.2, 0.25) is 0 Å². The van der Waals surface area contributed by atoms with E-state index < -0.39 is 0 Å². The zero-order valence-corrected chi connectivity index (χ0v) is 21.4. The molecule has 4 saturated carbocycles. The van der Waals surface area contributed by atoms with Gasteiger partial charge in [0.25, 0.3) is 0 Å². The highest BCUT2D eigenvalue weighted by molar-refractivity contribution is 5.41. The van der Waals surface area contributed by atoms with E-state index in [1.54, 1.807) is 0 Å². The van der Waals surface area contributed by atoms with Crippen LogP contribution in [0, 0.1) is 74.9 Å². The lowest BCUT2D eigenvalue weighted by molar-refractivity contribution is -0.109. The standard InChI is InChI=1S/C30H46N2/c1-20(2)7-6-8-21(3)26-11-12-27-25-10-9-24-17-22(23(18-31)19-32)13-15-29(24,4)28(25)14-16-30(26,27)5/h20-21,24-28H,6-17H2,1-5H3/t21-,24+,25-,26-,27+,28-,29-,30+/m0/s1. The number of allylic oxidation sites excluding steroid dienone is 2. The van der Waals surface area contributed by atoms with Gasteiger partial charge in [-0.05, 0) is 116 Å². The van der Waals surface area contributed by atoms with Crippen LogP contribution in [-0.2, 0) is 0 Å². The van der Waals surface area contributed by atoms with E-state index in [0.717, 1.165) is 53.9 Å². The molecule has 0 aromatic heterocycles. The molecule has 0 aliphatic heterocycles. The Morgan fingerprint density at radius 2 is 1.62 bits per heavy atom. The molecule has 0 saturated heterocycles. The minimum Gasteiger partial charge on any atom is -0.192 e. The molecule has 0 amide bonds. The minimum atomic E-state index is 0.412. The van der Waals surface area contributed by atoms with Crippen LogP contribution in [0.25, 0.3) is 0 Å². The molecule has 2 nitrogen and oxygen atoms in total. The Morgan fingerprint density at radius 1 is 0.906 bits per heavy atom. The number of nitrogens with zero attached hydrogens (tertiary/aromatic N) is 2. The maximum atomic E-state index is 9.38. The third-order valence-electron chi connectivity index (χ3n) is 11.3. The Kier molecular flexibility index (Phi) is 6.83. The van der Waals surface area contributed by atoms with E-state index in [-0.39, 0.29) is 0 Å². The summed E-state index contributed by atoms with van der Waals surface area (Å²) in [7, 11) is 0. The van der Waals surface area contributed by atoms with E-state index >= 15 is 0 Å². The lowest BCUT2D eigenvalue weighted by Gasteiger charge is -2.61. The predicted molar refractivity (Wildman–Crippen MR) is 131 cm³/mol. The summed E-state index contributed by atoms with van der Waals surface area (Å²) in [5, 5.41) is 18.8. The van der Waals surface area contributed by atoms with E-state index in [1.165, 1.54) is 64.2 Å². The predicted octanol–water partition coefficient (Wildman–Crippen LogP) is 8.45. The topological polar surface area (TPSA) is 47.6 Å². The third kappa shape index (κ3) is 3.95. The third-order valence-corrected chi connectivity index (χ3v) is 11.3. The molecule has 4 fully saturated rings. The Morgan fingerprint density at radius 3 is 2.31 bits per heavy atom. The van der Waals surface area contributed by atoms with Gasteiger partial charge < -0.3 is 0 Å². The SMILES string of the molecule is CC(C)CCC[C@H](C)[C@@H]1CC[C@@H]2[C@@H]3CC[C@@H]4CC(=C(C#N)C#N)CC[C@]4(C)[C@H]3CC[C@@]21C. The Labute approximate surface area is 197 Å². The maximum Gasteiger partial charge on any atom is 0.128 e. The van der Waals surface area contributed by atoms with Crippen LogP contribution in [0.15, 0.2) is 11.1 Å². The van der Waals surface area contributed by atoms with Gasteiger partial charge >= 0.3 is 0 Å². The Hall–Kier alpha value is -1.28. The van der Waals surface area contributed by atoms with Crippen LogP contribution in [0.2, 0.25) is 0 Å². The lowest BCUT2D eigenvalue weighted by atomic mass is 9.44. The smallest absolute Gasteiger partial charge is 0.128 e. The molecule has 4 rings (SSSR count). The molecule has 4 aliphatic carbocycles. The number of rotatable bonds is 5. The first-order valence-electron chi connectivity index (χ1n) is 13.8. The van der Waals surface area contributed by atoms with Crippen molar-refractivity contribution in [1.29, 1.82) is 10.5 Å². The fourth-order valence-electron chi connectivity index (χ4n) is 9.51. The number of hydrogen-bond acceptors (Lipinski definition) is 2. The second-order valence-corrected chi connectivity index (χ2v) is 13.1. The van der Waals surface area contributed by atoms with Crippen molar-refractivity contribution in [2.45, 2.75) is 112 Å². The Balaban J connectivity index is 1.48. The van der Waals surface area contributed by atoms with Crippen LogP contribution in [-0.4, -0.2) is 0 Å². The molecule has 0 N–H and O–H groups in total. The van der Waals surface area contributed by atoms with Gasteiger partial charge in [-0.25, -0.2) is 0 Å². The van der Waals surface area contributed by atoms with Crippen LogP contribution in [0.3, 0.4) is 0 Å². The summed E-state index contributed by atoms with van der Waals surface area (Å²) in [6.07, 6.45) is 15.9. The van der Waals surface area contributed by atoms with Crippen LogP contribution in [0.1, 0.15) is 112 Å². The summed E-state index contributed by atoms with van der Waals surface area (Å²) in [4.78, 5) is 0. The fourth-order valence-corrected chi connectivity index (χ4v) is 9.51. The zero-order chi connectivity index (χ0) is 23.1. The van der Waals surface area contributed by atoms with E-state index in [9.17, 15) is 10.5 Å². The first-order chi connectivity index (χ1) is 15.2. The highest BCUT2D eigenvalue weighted by atomic mass is 14.6. The van der Waals surface area contributed by atoms with Gasteiger partial charge in [-0.15, -0.1) is 0 Å². The van der Waals surface area contributed by atoms with Gasteiger partial charge in [0, 0.05) is 0 Å². The molecule has 0 aromatic rings. The van der Waals surface area contributed by atoms with Gasteiger partial charge in [-0.2, -0.15) is 10.5 Å². The Bertz CT molecular complexity index is 794. The van der Waals surface area contributed by atoms with Crippen LogP contribution in [0.5, 0.6) is 0 Å². The van der Waals surface area contributed by atoms with Crippen molar-refractivity contribution in [3.63, 3.8) is 0 Å². The summed E-state index contributed by atoms with van der Waals surface area (Å²) < 4.78 is 0. The molecular formula is C30H46N2. The van der Waals surface area contributed by atoms with Gasteiger partial charge in [-0.1, -0.05) is 53.9 Å². The maximum absolute atomic E-state index is 9.38. The van der Waals surface area contributed by atoms with E-state index in [1.807, 2.05) is 0 Å². The first-order valence-corrected chi connectivity index (χ1v) is 13.8. The van der Waals surface area contributed by atoms with Gasteiger partial charge in [0.15, 0.2) is 0 Å². The van der Waals surface area contributed by atoms with Crippen molar-refractivity contribution in [3.05, 3.63) is 11.1 Å². The molecule has 2 heteroatoms. The molecule has 4 aliphatic rings. The molecule has 0 heterocycles. The number of fused-ring (bicyclic) bond motifs is 5. The van der Waals surface area contributed by atoms with E-state index in [0.29, 0.717) is 22.3 Å². The van der Waals surface area contributed by atoms with Crippen molar-refractivity contribution in [2.75, 3.05) is 0 Å². The molecule has 32 heavy (non-hydrogen) atoms. The molecule has 0 unspecified atom stereocenters. The normalized spacial score (nSPS) is 41.8. The highest BCUT2D eigenvalue weighted by Gasteiger charge is 2.60. The highest BCUT2D eigenvalue weighted by Crippen LogP contribution is 2.68. The van der Waals surface area contributed by atoms with Crippen LogP contribution < -0.4 is 0 Å². The largest absolute Gasteiger partial charge is 0.192 e. The molecule has 0 aromatic carbocycles. The molecule has 8 atom stereocenters. The summed E-state index contributed by atoms with van der Waals surface area (Å²) in [6, 6.07) is 4.35. The van der Waals surface area contributed by atoms with E-state index in [2.05, 4.69) is 46.8 Å². The van der Waals surface area contributed by atoms with Crippen LogP contribution >= 0.6 is 0 Å². The van der Waals surface area contributed by atoms with Crippen molar-refractivity contribution in [2.24, 2.45) is 52.3 Å². The van der Waals surface area contributed by atoms with Crippen LogP contribution in [0.4, 0.5) is 0 Å². The van der Waals surface area contributed by atoms with Gasteiger partial charge in [-0.3, -0.25) is 0 Å². The van der Waals surface area contributed by atoms with Crippen molar-refractivity contribution in [1.82, 2.24) is 0 Å². The quantitative estimate of drug-likeness (QED) is 0.407. The molecule has 0 bridgehead atoms. The van der Waals surface area contributed by atoms with Crippen molar-refractivity contribution in [3.8, 4) is 12.1 Å². The average Bonchev–Trinajstić information content (AvgIpc) is 3.11. The summed E-state index contributed by atoms with van der Waals surface area (Å²) in [5.41, 5.74) is 2.56. The average molecular weight is 435 g/mol. The van der Waals surface area contributed by atoms with Crippen molar-refractivity contribution >= 4 is 0 Å². The monoisotopic (exact) mass is 434 g/mol. The number of hydrogen-bond donors (Lipinski definition) is 0. The van der Waals surface area contributed by atoms with Crippen molar-refractivity contribution < 1.29 is 0 Å². The fraction of sp³-hybridized carbons (Fsp3) is 0.867. The summed E-state index contributed by atoms with van der Waals surface area (Å²) in [5.74, 6) is 6.04. The zero-order valence-electron chi connectivity index (χ0n) is 21.4. The second kappa shape index (κ2) is 9.16. The molecular weight excluding hydrogens is 388 g/mol. The summed E-state index contributed by atoms with van der Waals surface area (Å²) in [6.45, 7) is 12.6. The van der Waals surface area contributed by atoms with Gasteiger partial charge in [0.1, 0.15) is 17.7 Å². The second-order valence-electron chi connectivity index (χ2n) is 13.1. The molecule has 176 valence electrons. The number of nitriles is 2. The van der Waals surface area contributed by atoms with Gasteiger partial charge in [0.05, 0.1) is 0 Å². The molecule has 0 radical (unpaired) electrons. The first kappa shape index (κ1) is 23.9. The summed E-state index contributed by atoms with van der Waals surface area (Å²) >= 11 is 0.